The van der Waals surface area contributed by atoms with Crippen molar-refractivity contribution in [2.45, 2.75) is 46.5 Å². The van der Waals surface area contributed by atoms with Gasteiger partial charge in [-0.2, -0.15) is 0 Å². The van der Waals surface area contributed by atoms with Crippen LogP contribution in [0.5, 0.6) is 0 Å². The summed E-state index contributed by atoms with van der Waals surface area (Å²) in [6.45, 7) is 8.37. The van der Waals surface area contributed by atoms with Crippen LogP contribution in [0.2, 0.25) is 0 Å². The third-order valence-electron chi connectivity index (χ3n) is 2.63. The van der Waals surface area contributed by atoms with Crippen molar-refractivity contribution in [2.24, 2.45) is 10.9 Å². The van der Waals surface area contributed by atoms with Gasteiger partial charge in [-0.15, -0.1) is 0 Å². The Morgan fingerprint density at radius 3 is 2.37 bits per heavy atom. The summed E-state index contributed by atoms with van der Waals surface area (Å²) >= 11 is 0. The lowest BCUT2D eigenvalue weighted by Gasteiger charge is -2.12. The normalized spacial score (nSPS) is 11.5. The lowest BCUT2D eigenvalue weighted by molar-refractivity contribution is -0.143. The number of esters is 1. The molecule has 0 heterocycles. The second kappa shape index (κ2) is 11.8. The first-order valence-electron chi connectivity index (χ1n) is 7.20. The molecule has 0 aromatic heterocycles. The largest absolute Gasteiger partial charge is 0.466 e. The number of hydrogen-bond acceptors (Lipinski definition) is 3. The smallest absolute Gasteiger partial charge is 0.305 e. The van der Waals surface area contributed by atoms with E-state index in [1.165, 1.54) is 6.42 Å². The zero-order valence-corrected chi connectivity index (χ0v) is 12.8. The summed E-state index contributed by atoms with van der Waals surface area (Å²) in [6.07, 6.45) is 3.56. The van der Waals surface area contributed by atoms with Crippen molar-refractivity contribution in [1.29, 1.82) is 0 Å². The number of carbonyl (C=O) groups excluding carboxylic acids is 1. The molecule has 0 spiro atoms. The molecule has 0 amide bonds. The molecule has 112 valence electrons. The number of aliphatic imine (C=N–C) groups is 1. The Bertz CT molecular complexity index is 265. The number of nitrogens with zero attached hydrogens (tertiary/aromatic N) is 1. The molecule has 0 aliphatic carbocycles. The third kappa shape index (κ3) is 11.6. The first-order chi connectivity index (χ1) is 9.10. The van der Waals surface area contributed by atoms with E-state index in [2.05, 4.69) is 29.5 Å². The van der Waals surface area contributed by atoms with Gasteiger partial charge < -0.3 is 15.4 Å². The Kier molecular flexibility index (Phi) is 11.0. The summed E-state index contributed by atoms with van der Waals surface area (Å²) in [5.41, 5.74) is 0. The minimum Gasteiger partial charge on any atom is -0.466 e. The van der Waals surface area contributed by atoms with Crippen LogP contribution in [0, 0.1) is 5.92 Å². The Labute approximate surface area is 117 Å². The van der Waals surface area contributed by atoms with Gasteiger partial charge in [0.1, 0.15) is 0 Å². The summed E-state index contributed by atoms with van der Waals surface area (Å²) in [4.78, 5) is 15.3. The van der Waals surface area contributed by atoms with E-state index in [0.29, 0.717) is 13.0 Å². The van der Waals surface area contributed by atoms with Crippen LogP contribution in [-0.2, 0) is 9.53 Å². The predicted molar refractivity (Wildman–Crippen MR) is 79.3 cm³/mol. The van der Waals surface area contributed by atoms with E-state index in [0.717, 1.165) is 37.8 Å². The molecule has 0 unspecified atom stereocenters. The molecular weight excluding hydrogens is 242 g/mol. The molecule has 0 aliphatic rings. The summed E-state index contributed by atoms with van der Waals surface area (Å²) in [6, 6.07) is 0. The Morgan fingerprint density at radius 1 is 1.21 bits per heavy atom. The van der Waals surface area contributed by atoms with Crippen LogP contribution in [0.25, 0.3) is 0 Å². The monoisotopic (exact) mass is 271 g/mol. The van der Waals surface area contributed by atoms with Crippen molar-refractivity contribution < 1.29 is 9.53 Å². The number of nitrogens with one attached hydrogen (secondary N) is 2. The van der Waals surface area contributed by atoms with Gasteiger partial charge in [0.2, 0.25) is 0 Å². The fraction of sp³-hybridized carbons (Fsp3) is 0.857. The molecule has 0 radical (unpaired) electrons. The molecule has 0 saturated carbocycles. The molecule has 0 bridgehead atoms. The van der Waals surface area contributed by atoms with Crippen LogP contribution < -0.4 is 10.6 Å². The number of carbonyl (C=O) groups is 1. The molecule has 2 N–H and O–H groups in total. The zero-order chi connectivity index (χ0) is 14.5. The fourth-order valence-corrected chi connectivity index (χ4v) is 1.61. The molecule has 0 aromatic rings. The van der Waals surface area contributed by atoms with E-state index in [1.54, 1.807) is 7.05 Å². The quantitative estimate of drug-likeness (QED) is 0.291. The molecule has 19 heavy (non-hydrogen) atoms. The van der Waals surface area contributed by atoms with Crippen molar-refractivity contribution in [1.82, 2.24) is 10.6 Å². The lowest BCUT2D eigenvalue weighted by Crippen LogP contribution is -2.38. The topological polar surface area (TPSA) is 62.7 Å². The van der Waals surface area contributed by atoms with Crippen LogP contribution in [0.3, 0.4) is 0 Å². The van der Waals surface area contributed by atoms with Crippen LogP contribution in [0.4, 0.5) is 0 Å². The van der Waals surface area contributed by atoms with E-state index in [-0.39, 0.29) is 5.97 Å². The summed E-state index contributed by atoms with van der Waals surface area (Å²) in [7, 11) is 1.75. The van der Waals surface area contributed by atoms with Crippen LogP contribution in [0.15, 0.2) is 4.99 Å². The van der Waals surface area contributed by atoms with E-state index in [1.807, 2.05) is 6.92 Å². The molecule has 0 atom stereocenters. The predicted octanol–water partition coefficient (Wildman–Crippen LogP) is 1.93. The maximum absolute atomic E-state index is 11.1. The molecule has 0 saturated heterocycles. The van der Waals surface area contributed by atoms with Gasteiger partial charge in [-0.3, -0.25) is 9.79 Å². The number of ether oxygens (including phenoxy) is 1. The minimum absolute atomic E-state index is 0.135. The number of guanidine groups is 1. The summed E-state index contributed by atoms with van der Waals surface area (Å²) in [5, 5.41) is 6.45. The highest BCUT2D eigenvalue weighted by Gasteiger charge is 2.02. The van der Waals surface area contributed by atoms with E-state index in [9.17, 15) is 4.79 Å². The van der Waals surface area contributed by atoms with Gasteiger partial charge in [-0.25, -0.2) is 0 Å². The molecule has 5 heteroatoms. The Morgan fingerprint density at radius 2 is 1.84 bits per heavy atom. The van der Waals surface area contributed by atoms with Crippen molar-refractivity contribution in [3.05, 3.63) is 0 Å². The van der Waals surface area contributed by atoms with Crippen LogP contribution in [0.1, 0.15) is 46.5 Å². The van der Waals surface area contributed by atoms with Gasteiger partial charge >= 0.3 is 5.97 Å². The van der Waals surface area contributed by atoms with Crippen molar-refractivity contribution in [2.75, 3.05) is 26.7 Å². The molecule has 0 rings (SSSR count). The maximum atomic E-state index is 11.1. The highest BCUT2D eigenvalue weighted by Crippen LogP contribution is 2.01. The van der Waals surface area contributed by atoms with Gasteiger partial charge in [-0.1, -0.05) is 13.8 Å². The van der Waals surface area contributed by atoms with Gasteiger partial charge in [-0.05, 0) is 32.1 Å². The Hall–Kier alpha value is -1.26. The van der Waals surface area contributed by atoms with E-state index in [4.69, 9.17) is 4.74 Å². The number of rotatable bonds is 9. The second-order valence-corrected chi connectivity index (χ2v) is 4.87. The second-order valence-electron chi connectivity index (χ2n) is 4.87. The lowest BCUT2D eigenvalue weighted by atomic mass is 10.1. The summed E-state index contributed by atoms with van der Waals surface area (Å²) in [5.74, 6) is 1.40. The highest BCUT2D eigenvalue weighted by molar-refractivity contribution is 5.79. The van der Waals surface area contributed by atoms with Gasteiger partial charge in [0.05, 0.1) is 6.61 Å². The molecule has 5 nitrogen and oxygen atoms in total. The van der Waals surface area contributed by atoms with E-state index >= 15 is 0 Å². The van der Waals surface area contributed by atoms with Gasteiger partial charge in [0, 0.05) is 26.6 Å². The van der Waals surface area contributed by atoms with Crippen LogP contribution >= 0.6 is 0 Å². The van der Waals surface area contributed by atoms with Gasteiger partial charge in [0.15, 0.2) is 5.96 Å². The molecular formula is C14H29N3O2. The first-order valence-corrected chi connectivity index (χ1v) is 7.20. The maximum Gasteiger partial charge on any atom is 0.305 e. The van der Waals surface area contributed by atoms with Crippen molar-refractivity contribution in [3.63, 3.8) is 0 Å². The molecule has 0 aliphatic heterocycles. The standard InChI is InChI=1S/C14H29N3O2/c1-5-19-13(18)9-7-11-17-14(15-4)16-10-6-8-12(2)3/h12H,5-11H2,1-4H3,(H2,15,16,17). The van der Waals surface area contributed by atoms with Crippen LogP contribution in [-0.4, -0.2) is 38.7 Å². The van der Waals surface area contributed by atoms with Gasteiger partial charge in [0.25, 0.3) is 0 Å². The zero-order valence-electron chi connectivity index (χ0n) is 12.8. The SMILES string of the molecule is CCOC(=O)CCCNC(=NC)NCCCC(C)C. The van der Waals surface area contributed by atoms with Crippen molar-refractivity contribution in [3.8, 4) is 0 Å². The number of hydrogen-bond donors (Lipinski definition) is 2. The summed E-state index contributed by atoms with van der Waals surface area (Å²) < 4.78 is 4.86. The Balaban J connectivity index is 3.57. The first kappa shape index (κ1) is 17.7. The average molecular weight is 271 g/mol. The minimum atomic E-state index is -0.135. The molecule has 0 aromatic carbocycles. The third-order valence-corrected chi connectivity index (χ3v) is 2.63. The highest BCUT2D eigenvalue weighted by atomic mass is 16.5. The fourth-order valence-electron chi connectivity index (χ4n) is 1.61. The van der Waals surface area contributed by atoms with E-state index < -0.39 is 0 Å². The average Bonchev–Trinajstić information content (AvgIpc) is 2.37. The molecule has 0 fully saturated rings. The van der Waals surface area contributed by atoms with Crippen molar-refractivity contribution >= 4 is 11.9 Å².